The lowest BCUT2D eigenvalue weighted by Crippen LogP contribution is -2.43. The molecule has 0 saturated carbocycles. The van der Waals surface area contributed by atoms with E-state index in [1.807, 2.05) is 6.92 Å². The third kappa shape index (κ3) is 6.67. The van der Waals surface area contributed by atoms with E-state index in [1.54, 1.807) is 7.11 Å². The minimum Gasteiger partial charge on any atom is -0.383 e. The number of guanidine groups is 1. The summed E-state index contributed by atoms with van der Waals surface area (Å²) in [4.78, 5) is 6.55. The van der Waals surface area contributed by atoms with Crippen LogP contribution in [0.4, 0.5) is 13.2 Å². The molecule has 1 heterocycles. The van der Waals surface area contributed by atoms with E-state index in [1.165, 1.54) is 12.1 Å². The van der Waals surface area contributed by atoms with Gasteiger partial charge in [-0.15, -0.1) is 0 Å². The molecule has 0 spiro atoms. The van der Waals surface area contributed by atoms with Crippen LogP contribution in [-0.4, -0.2) is 63.5 Å². The zero-order chi connectivity index (χ0) is 19.9. The van der Waals surface area contributed by atoms with Crippen molar-refractivity contribution in [3.63, 3.8) is 0 Å². The number of hydrogen-bond acceptors (Lipinski definition) is 4. The summed E-state index contributed by atoms with van der Waals surface area (Å²) >= 11 is 0. The molecule has 152 valence electrons. The summed E-state index contributed by atoms with van der Waals surface area (Å²) in [6, 6.07) is 5.07. The first kappa shape index (κ1) is 21.5. The van der Waals surface area contributed by atoms with Crippen LogP contribution in [-0.2, 0) is 15.7 Å². The zero-order valence-electron chi connectivity index (χ0n) is 15.6. The van der Waals surface area contributed by atoms with Gasteiger partial charge in [-0.05, 0) is 24.6 Å². The van der Waals surface area contributed by atoms with Gasteiger partial charge in [-0.3, -0.25) is 9.89 Å². The molecule has 0 aromatic heterocycles. The van der Waals surface area contributed by atoms with Crippen LogP contribution in [0.1, 0.15) is 24.1 Å². The average molecular weight is 388 g/mol. The van der Waals surface area contributed by atoms with Gasteiger partial charge >= 0.3 is 6.18 Å². The number of ether oxygens (including phenoxy) is 2. The Labute approximate surface area is 157 Å². The molecule has 1 aromatic carbocycles. The largest absolute Gasteiger partial charge is 0.416 e. The minimum atomic E-state index is -4.35. The molecule has 0 aliphatic carbocycles. The topological polar surface area (TPSA) is 72.1 Å². The van der Waals surface area contributed by atoms with Gasteiger partial charge in [0.05, 0.1) is 38.0 Å². The van der Waals surface area contributed by atoms with Crippen LogP contribution in [0.5, 0.6) is 0 Å². The Morgan fingerprint density at radius 1 is 1.30 bits per heavy atom. The Morgan fingerprint density at radius 3 is 2.48 bits per heavy atom. The number of morpholine rings is 1. The molecule has 9 heteroatoms. The minimum absolute atomic E-state index is 0.00616. The summed E-state index contributed by atoms with van der Waals surface area (Å²) in [6.45, 7) is 5.29. The van der Waals surface area contributed by atoms with Crippen LogP contribution < -0.4 is 11.1 Å². The summed E-state index contributed by atoms with van der Waals surface area (Å²) < 4.78 is 48.9. The maximum absolute atomic E-state index is 12.8. The summed E-state index contributed by atoms with van der Waals surface area (Å²) in [5, 5.41) is 3.03. The van der Waals surface area contributed by atoms with E-state index in [4.69, 9.17) is 15.2 Å². The van der Waals surface area contributed by atoms with Gasteiger partial charge in [0.2, 0.25) is 0 Å². The first-order valence-corrected chi connectivity index (χ1v) is 8.85. The Bertz CT molecular complexity index is 602. The molecule has 1 aliphatic rings. The molecular formula is C18H27F3N4O2. The first-order valence-electron chi connectivity index (χ1n) is 8.85. The van der Waals surface area contributed by atoms with Crippen LogP contribution in [0.2, 0.25) is 0 Å². The van der Waals surface area contributed by atoms with Crippen molar-refractivity contribution in [3.05, 3.63) is 35.4 Å². The second kappa shape index (κ2) is 9.91. The molecule has 1 aromatic rings. The number of rotatable bonds is 7. The number of nitrogens with zero attached hydrogens (tertiary/aromatic N) is 2. The molecule has 2 unspecified atom stereocenters. The lowest BCUT2D eigenvalue weighted by atomic mass is 10.0. The van der Waals surface area contributed by atoms with Crippen molar-refractivity contribution < 1.29 is 22.6 Å². The highest BCUT2D eigenvalue weighted by Crippen LogP contribution is 2.31. The molecular weight excluding hydrogens is 361 g/mol. The quantitative estimate of drug-likeness (QED) is 0.552. The van der Waals surface area contributed by atoms with Gasteiger partial charge in [0.15, 0.2) is 5.96 Å². The Hall–Kier alpha value is -1.84. The Balaban J connectivity index is 2.14. The highest BCUT2D eigenvalue weighted by Gasteiger charge is 2.31. The summed E-state index contributed by atoms with van der Waals surface area (Å²) in [7, 11) is 1.60. The smallest absolute Gasteiger partial charge is 0.383 e. The van der Waals surface area contributed by atoms with Crippen molar-refractivity contribution >= 4 is 5.96 Å². The maximum atomic E-state index is 12.8. The highest BCUT2D eigenvalue weighted by atomic mass is 19.4. The van der Waals surface area contributed by atoms with Crippen molar-refractivity contribution in [3.8, 4) is 0 Å². The first-order chi connectivity index (χ1) is 12.8. The molecule has 1 saturated heterocycles. The molecule has 27 heavy (non-hydrogen) atoms. The number of nitrogens with one attached hydrogen (secondary N) is 1. The van der Waals surface area contributed by atoms with E-state index in [0.717, 1.165) is 17.7 Å². The van der Waals surface area contributed by atoms with E-state index in [-0.39, 0.29) is 18.0 Å². The standard InChI is InChI=1S/C18H27F3N4O2/c1-13(12-26-2)24-17(22)23-11-16(25-7-9-27-10-8-25)14-3-5-15(6-4-14)18(19,20)21/h3-6,13,16H,7-12H2,1-2H3,(H3,22,23,24). The Morgan fingerprint density at radius 2 is 1.93 bits per heavy atom. The number of benzene rings is 1. The van der Waals surface area contributed by atoms with Crippen LogP contribution >= 0.6 is 0 Å². The SMILES string of the molecule is COCC(C)NC(N)=NCC(c1ccc(C(F)(F)F)cc1)N1CCOCC1. The molecule has 2 atom stereocenters. The number of halogens is 3. The van der Waals surface area contributed by atoms with Gasteiger partial charge < -0.3 is 20.5 Å². The molecule has 1 fully saturated rings. The van der Waals surface area contributed by atoms with Gasteiger partial charge in [-0.1, -0.05) is 12.1 Å². The van der Waals surface area contributed by atoms with Crippen LogP contribution in [0.15, 0.2) is 29.3 Å². The van der Waals surface area contributed by atoms with Gasteiger partial charge in [-0.2, -0.15) is 13.2 Å². The van der Waals surface area contributed by atoms with Crippen LogP contribution in [0.3, 0.4) is 0 Å². The number of aliphatic imine (C=N–C) groups is 1. The number of alkyl halides is 3. The molecule has 6 nitrogen and oxygen atoms in total. The van der Waals surface area contributed by atoms with E-state index in [0.29, 0.717) is 39.5 Å². The predicted molar refractivity (Wildman–Crippen MR) is 97.5 cm³/mol. The molecule has 0 amide bonds. The number of hydrogen-bond donors (Lipinski definition) is 2. The Kier molecular flexibility index (Phi) is 7.88. The van der Waals surface area contributed by atoms with Crippen molar-refractivity contribution in [2.45, 2.75) is 25.2 Å². The van der Waals surface area contributed by atoms with Gasteiger partial charge in [0.25, 0.3) is 0 Å². The lowest BCUT2D eigenvalue weighted by Gasteiger charge is -2.34. The van der Waals surface area contributed by atoms with Crippen molar-refractivity contribution in [1.29, 1.82) is 0 Å². The van der Waals surface area contributed by atoms with Gasteiger partial charge in [0.1, 0.15) is 0 Å². The summed E-state index contributed by atoms with van der Waals surface area (Å²) in [6.07, 6.45) is -4.35. The molecule has 0 radical (unpaired) electrons. The van der Waals surface area contributed by atoms with Gasteiger partial charge in [-0.25, -0.2) is 0 Å². The third-order valence-corrected chi connectivity index (χ3v) is 4.35. The fraction of sp³-hybridized carbons (Fsp3) is 0.611. The summed E-state index contributed by atoms with van der Waals surface area (Å²) in [5.74, 6) is 0.282. The van der Waals surface area contributed by atoms with Crippen molar-refractivity contribution in [2.24, 2.45) is 10.7 Å². The van der Waals surface area contributed by atoms with Gasteiger partial charge in [0, 0.05) is 26.2 Å². The predicted octanol–water partition coefficient (Wildman–Crippen LogP) is 2.02. The fourth-order valence-corrected chi connectivity index (χ4v) is 2.99. The molecule has 2 rings (SSSR count). The molecule has 1 aliphatic heterocycles. The monoisotopic (exact) mass is 388 g/mol. The number of nitrogens with two attached hydrogens (primary N) is 1. The highest BCUT2D eigenvalue weighted by molar-refractivity contribution is 5.78. The fourth-order valence-electron chi connectivity index (χ4n) is 2.99. The number of methoxy groups -OCH3 is 1. The van der Waals surface area contributed by atoms with Crippen molar-refractivity contribution in [2.75, 3.05) is 46.6 Å². The normalized spacial score (nSPS) is 18.9. The second-order valence-corrected chi connectivity index (χ2v) is 6.51. The summed E-state index contributed by atoms with van der Waals surface area (Å²) in [5.41, 5.74) is 6.04. The third-order valence-electron chi connectivity index (χ3n) is 4.35. The second-order valence-electron chi connectivity index (χ2n) is 6.51. The van der Waals surface area contributed by atoms with Crippen LogP contribution in [0, 0.1) is 0 Å². The van der Waals surface area contributed by atoms with E-state index >= 15 is 0 Å². The van der Waals surface area contributed by atoms with Crippen LogP contribution in [0.25, 0.3) is 0 Å². The zero-order valence-corrected chi connectivity index (χ0v) is 15.6. The van der Waals surface area contributed by atoms with E-state index < -0.39 is 11.7 Å². The van der Waals surface area contributed by atoms with E-state index in [2.05, 4.69) is 15.2 Å². The lowest BCUT2D eigenvalue weighted by molar-refractivity contribution is -0.137. The molecule has 3 N–H and O–H groups in total. The maximum Gasteiger partial charge on any atom is 0.416 e. The molecule has 0 bridgehead atoms. The van der Waals surface area contributed by atoms with Crippen molar-refractivity contribution in [1.82, 2.24) is 10.2 Å². The average Bonchev–Trinajstić information content (AvgIpc) is 2.62. The van der Waals surface area contributed by atoms with E-state index in [9.17, 15) is 13.2 Å².